The third-order valence-corrected chi connectivity index (χ3v) is 1.92. The summed E-state index contributed by atoms with van der Waals surface area (Å²) in [6.07, 6.45) is 0. The zero-order chi connectivity index (χ0) is 12.0. The van der Waals surface area contributed by atoms with Crippen LogP contribution in [0.5, 0.6) is 0 Å². The molecule has 88 valence electrons. The van der Waals surface area contributed by atoms with Crippen molar-refractivity contribution in [1.82, 2.24) is 0 Å². The van der Waals surface area contributed by atoms with Crippen molar-refractivity contribution in [3.8, 4) is 0 Å². The molecule has 0 aromatic heterocycles. The maximum absolute atomic E-state index is 11.5. The van der Waals surface area contributed by atoms with Gasteiger partial charge in [-0.25, -0.2) is 9.59 Å². The van der Waals surface area contributed by atoms with Crippen LogP contribution >= 0.6 is 0 Å². The van der Waals surface area contributed by atoms with Crippen LogP contribution in [0.25, 0.3) is 0 Å². The summed E-state index contributed by atoms with van der Waals surface area (Å²) >= 11 is 0. The van der Waals surface area contributed by atoms with Gasteiger partial charge in [0.05, 0.1) is 24.3 Å². The van der Waals surface area contributed by atoms with E-state index < -0.39 is 11.9 Å². The fourth-order valence-corrected chi connectivity index (χ4v) is 1.26. The number of hydrogen-bond acceptors (Lipinski definition) is 4. The molecule has 0 aliphatic carbocycles. The Kier molecular flexibility index (Phi) is 7.87. The van der Waals surface area contributed by atoms with Crippen molar-refractivity contribution in [2.45, 2.75) is 13.8 Å². The molecule has 0 unspecified atom stereocenters. The second-order valence-electron chi connectivity index (χ2n) is 2.99. The first-order valence-electron chi connectivity index (χ1n) is 5.14. The van der Waals surface area contributed by atoms with E-state index in [0.717, 1.165) is 0 Å². The Morgan fingerprint density at radius 2 is 1.35 bits per heavy atom. The predicted molar refractivity (Wildman–Crippen MR) is 59.5 cm³/mol. The van der Waals surface area contributed by atoms with Crippen molar-refractivity contribution < 1.29 is 50.0 Å². The van der Waals surface area contributed by atoms with E-state index in [1.165, 1.54) is 0 Å². The molecule has 0 heterocycles. The summed E-state index contributed by atoms with van der Waals surface area (Å²) in [5.74, 6) is -1.02. The van der Waals surface area contributed by atoms with Crippen molar-refractivity contribution in [2.24, 2.45) is 0 Å². The van der Waals surface area contributed by atoms with Gasteiger partial charge in [0, 0.05) is 0 Å². The Morgan fingerprint density at radius 1 is 1.00 bits per heavy atom. The van der Waals surface area contributed by atoms with Gasteiger partial charge in [-0.2, -0.15) is 0 Å². The molecule has 0 radical (unpaired) electrons. The van der Waals surface area contributed by atoms with Crippen LogP contribution in [0.4, 0.5) is 0 Å². The van der Waals surface area contributed by atoms with Gasteiger partial charge in [0.15, 0.2) is 0 Å². The maximum Gasteiger partial charge on any atom is 1.00 e. The Bertz CT molecular complexity index is 358. The van der Waals surface area contributed by atoms with E-state index in [4.69, 9.17) is 9.47 Å². The number of benzene rings is 1. The summed E-state index contributed by atoms with van der Waals surface area (Å²) in [7, 11) is 0. The van der Waals surface area contributed by atoms with E-state index in [0.29, 0.717) is 0 Å². The van der Waals surface area contributed by atoms with Gasteiger partial charge in [0.25, 0.3) is 0 Å². The normalized spacial score (nSPS) is 9.06. The van der Waals surface area contributed by atoms with Crippen LogP contribution in [0.2, 0.25) is 0 Å². The Morgan fingerprint density at radius 3 is 1.65 bits per heavy atom. The SMILES string of the molecule is CCOC(=O)c1ccccc1C(=O)OCC.[H-].[Na+]. The molecule has 0 aliphatic heterocycles. The molecule has 1 aromatic rings. The van der Waals surface area contributed by atoms with Crippen molar-refractivity contribution in [2.75, 3.05) is 13.2 Å². The molecule has 0 bridgehead atoms. The minimum absolute atomic E-state index is 0. The minimum atomic E-state index is -0.508. The molecule has 4 nitrogen and oxygen atoms in total. The first kappa shape index (κ1) is 16.2. The Labute approximate surface area is 124 Å². The third kappa shape index (κ3) is 4.50. The molecule has 0 spiro atoms. The van der Waals surface area contributed by atoms with Gasteiger partial charge < -0.3 is 10.9 Å². The van der Waals surface area contributed by atoms with Gasteiger partial charge in [0.2, 0.25) is 0 Å². The molecule has 17 heavy (non-hydrogen) atoms. The Balaban J connectivity index is 0. The molecule has 0 N–H and O–H groups in total. The predicted octanol–water partition coefficient (Wildman–Crippen LogP) is -0.843. The molecule has 1 rings (SSSR count). The van der Waals surface area contributed by atoms with Gasteiger partial charge in [-0.05, 0) is 26.0 Å². The van der Waals surface area contributed by atoms with Crippen molar-refractivity contribution in [3.63, 3.8) is 0 Å². The number of esters is 2. The first-order valence-corrected chi connectivity index (χ1v) is 5.14. The average molecular weight is 246 g/mol. The van der Waals surface area contributed by atoms with Crippen LogP contribution in [0.3, 0.4) is 0 Å². The van der Waals surface area contributed by atoms with Crippen molar-refractivity contribution in [1.29, 1.82) is 0 Å². The summed E-state index contributed by atoms with van der Waals surface area (Å²) in [6, 6.07) is 6.44. The zero-order valence-electron chi connectivity index (χ0n) is 11.4. The molecule has 5 heteroatoms. The van der Waals surface area contributed by atoms with E-state index in [9.17, 15) is 9.59 Å². The van der Waals surface area contributed by atoms with E-state index in [-0.39, 0.29) is 55.3 Å². The van der Waals surface area contributed by atoms with Crippen LogP contribution in [-0.4, -0.2) is 25.2 Å². The second kappa shape index (κ2) is 8.28. The molecule has 1 aromatic carbocycles. The maximum atomic E-state index is 11.5. The molecule has 0 fully saturated rings. The molecular weight excluding hydrogens is 231 g/mol. The van der Waals surface area contributed by atoms with Crippen LogP contribution in [0.1, 0.15) is 36.0 Å². The minimum Gasteiger partial charge on any atom is -1.00 e. The Hall–Kier alpha value is -0.840. The molecule has 0 saturated heterocycles. The van der Waals surface area contributed by atoms with E-state index in [1.54, 1.807) is 38.1 Å². The van der Waals surface area contributed by atoms with E-state index >= 15 is 0 Å². The first-order chi connectivity index (χ1) is 7.70. The number of carbonyl (C=O) groups is 2. The largest absolute Gasteiger partial charge is 1.00 e. The van der Waals surface area contributed by atoms with Crippen LogP contribution in [0, 0.1) is 0 Å². The molecular formula is C12H15NaO4. The second-order valence-corrected chi connectivity index (χ2v) is 2.99. The summed E-state index contributed by atoms with van der Waals surface area (Å²) < 4.78 is 9.70. The van der Waals surface area contributed by atoms with Crippen LogP contribution in [-0.2, 0) is 9.47 Å². The van der Waals surface area contributed by atoms with Crippen molar-refractivity contribution >= 4 is 11.9 Å². The summed E-state index contributed by atoms with van der Waals surface area (Å²) in [5, 5.41) is 0. The zero-order valence-corrected chi connectivity index (χ0v) is 12.4. The topological polar surface area (TPSA) is 52.6 Å². The summed E-state index contributed by atoms with van der Waals surface area (Å²) in [5.41, 5.74) is 0.477. The molecule has 0 amide bonds. The van der Waals surface area contributed by atoms with E-state index in [1.807, 2.05) is 0 Å². The van der Waals surface area contributed by atoms with Gasteiger partial charge in [-0.3, -0.25) is 0 Å². The quantitative estimate of drug-likeness (QED) is 0.513. The molecule has 0 aliphatic rings. The summed E-state index contributed by atoms with van der Waals surface area (Å²) in [6.45, 7) is 3.97. The third-order valence-electron chi connectivity index (χ3n) is 1.92. The fraction of sp³-hybridized carbons (Fsp3) is 0.333. The van der Waals surface area contributed by atoms with E-state index in [2.05, 4.69) is 0 Å². The van der Waals surface area contributed by atoms with Crippen LogP contribution in [0.15, 0.2) is 24.3 Å². The summed E-state index contributed by atoms with van der Waals surface area (Å²) in [4.78, 5) is 23.1. The van der Waals surface area contributed by atoms with Gasteiger partial charge >= 0.3 is 41.5 Å². The monoisotopic (exact) mass is 246 g/mol. The number of rotatable bonds is 4. The standard InChI is InChI=1S/C12H14O4.Na.H/c1-3-15-11(13)9-7-5-6-8-10(9)12(14)16-4-2;;/h5-8H,3-4H2,1-2H3;;/q;+1;-1. The smallest absolute Gasteiger partial charge is 1.00 e. The average Bonchev–Trinajstić information content (AvgIpc) is 2.30. The van der Waals surface area contributed by atoms with Crippen molar-refractivity contribution in [3.05, 3.63) is 35.4 Å². The molecule has 0 saturated carbocycles. The van der Waals surface area contributed by atoms with Crippen LogP contribution < -0.4 is 29.6 Å². The number of carbonyl (C=O) groups excluding carboxylic acids is 2. The van der Waals surface area contributed by atoms with Gasteiger partial charge in [0.1, 0.15) is 0 Å². The van der Waals surface area contributed by atoms with Gasteiger partial charge in [-0.1, -0.05) is 12.1 Å². The number of ether oxygens (including phenoxy) is 2. The van der Waals surface area contributed by atoms with Gasteiger partial charge in [-0.15, -0.1) is 0 Å². The number of hydrogen-bond donors (Lipinski definition) is 0. The molecule has 0 atom stereocenters. The fourth-order valence-electron chi connectivity index (χ4n) is 1.26.